The predicted molar refractivity (Wildman–Crippen MR) is 60.7 cm³/mol. The van der Waals surface area contributed by atoms with Gasteiger partial charge in [-0.15, -0.1) is 11.8 Å². The standard InChI is InChI=1S/C12H13NOS/c13-10-12(6-8-14-9-7-12)15-11-4-2-1-3-5-11/h1-5H,6-9H2. The van der Waals surface area contributed by atoms with E-state index in [1.54, 1.807) is 11.8 Å². The van der Waals surface area contributed by atoms with Crippen molar-refractivity contribution in [3.8, 4) is 6.07 Å². The van der Waals surface area contributed by atoms with Crippen LogP contribution in [-0.2, 0) is 4.74 Å². The fourth-order valence-electron chi connectivity index (χ4n) is 1.65. The third-order valence-corrected chi connectivity index (χ3v) is 3.96. The Morgan fingerprint density at radius 1 is 1.20 bits per heavy atom. The molecule has 1 heterocycles. The smallest absolute Gasteiger partial charge is 0.111 e. The lowest BCUT2D eigenvalue weighted by Gasteiger charge is -2.29. The van der Waals surface area contributed by atoms with Crippen LogP contribution in [0.1, 0.15) is 12.8 Å². The van der Waals surface area contributed by atoms with Gasteiger partial charge in [0.2, 0.25) is 0 Å². The maximum Gasteiger partial charge on any atom is 0.111 e. The van der Waals surface area contributed by atoms with Crippen molar-refractivity contribution >= 4 is 11.8 Å². The summed E-state index contributed by atoms with van der Waals surface area (Å²) in [7, 11) is 0. The molecule has 0 saturated carbocycles. The molecule has 1 aliphatic heterocycles. The molecule has 0 atom stereocenters. The SMILES string of the molecule is N#CC1(Sc2ccccc2)CCOCC1. The molecule has 0 amide bonds. The van der Waals surface area contributed by atoms with Crippen LogP contribution in [0.15, 0.2) is 35.2 Å². The Morgan fingerprint density at radius 2 is 1.87 bits per heavy atom. The van der Waals surface area contributed by atoms with E-state index in [4.69, 9.17) is 4.74 Å². The van der Waals surface area contributed by atoms with E-state index in [0.29, 0.717) is 13.2 Å². The van der Waals surface area contributed by atoms with Gasteiger partial charge in [0.05, 0.1) is 6.07 Å². The Bertz CT molecular complexity index is 352. The molecule has 78 valence electrons. The van der Waals surface area contributed by atoms with Gasteiger partial charge in [-0.3, -0.25) is 0 Å². The molecule has 0 aromatic heterocycles. The highest BCUT2D eigenvalue weighted by atomic mass is 32.2. The average Bonchev–Trinajstić information content (AvgIpc) is 2.32. The Hall–Kier alpha value is -0.980. The molecule has 15 heavy (non-hydrogen) atoms. The highest BCUT2D eigenvalue weighted by Crippen LogP contribution is 2.39. The van der Waals surface area contributed by atoms with Crippen LogP contribution in [0.3, 0.4) is 0 Å². The van der Waals surface area contributed by atoms with Gasteiger partial charge in [-0.2, -0.15) is 5.26 Å². The molecule has 1 aromatic rings. The summed E-state index contributed by atoms with van der Waals surface area (Å²) in [5.74, 6) is 0. The van der Waals surface area contributed by atoms with Crippen molar-refractivity contribution in [1.29, 1.82) is 5.26 Å². The zero-order valence-corrected chi connectivity index (χ0v) is 9.30. The van der Waals surface area contributed by atoms with E-state index in [9.17, 15) is 5.26 Å². The minimum absolute atomic E-state index is 0.278. The predicted octanol–water partition coefficient (Wildman–Crippen LogP) is 2.85. The molecule has 2 nitrogen and oxygen atoms in total. The molecule has 0 aliphatic carbocycles. The summed E-state index contributed by atoms with van der Waals surface area (Å²) in [5.41, 5.74) is 0. The van der Waals surface area contributed by atoms with Crippen molar-refractivity contribution in [2.75, 3.05) is 13.2 Å². The summed E-state index contributed by atoms with van der Waals surface area (Å²) < 4.78 is 5.02. The molecule has 3 heteroatoms. The van der Waals surface area contributed by atoms with Gasteiger partial charge < -0.3 is 4.74 Å². The van der Waals surface area contributed by atoms with Crippen molar-refractivity contribution in [1.82, 2.24) is 0 Å². The first-order chi connectivity index (χ1) is 7.35. The monoisotopic (exact) mass is 219 g/mol. The fraction of sp³-hybridized carbons (Fsp3) is 0.417. The summed E-state index contributed by atoms with van der Waals surface area (Å²) in [6.45, 7) is 1.40. The third-order valence-electron chi connectivity index (χ3n) is 2.56. The number of hydrogen-bond acceptors (Lipinski definition) is 3. The van der Waals surface area contributed by atoms with Crippen molar-refractivity contribution in [3.63, 3.8) is 0 Å². The molecule has 0 radical (unpaired) electrons. The van der Waals surface area contributed by atoms with Crippen LogP contribution in [0.5, 0.6) is 0 Å². The zero-order chi connectivity index (χ0) is 10.6. The van der Waals surface area contributed by atoms with E-state index >= 15 is 0 Å². The second-order valence-corrected chi connectivity index (χ2v) is 5.09. The molecule has 2 rings (SSSR count). The molecule has 0 N–H and O–H groups in total. The molecule has 0 bridgehead atoms. The van der Waals surface area contributed by atoms with Crippen molar-refractivity contribution < 1.29 is 4.74 Å². The lowest BCUT2D eigenvalue weighted by molar-refractivity contribution is 0.0886. The van der Waals surface area contributed by atoms with E-state index in [2.05, 4.69) is 18.2 Å². The van der Waals surface area contributed by atoms with E-state index in [-0.39, 0.29) is 4.75 Å². The maximum absolute atomic E-state index is 9.28. The second-order valence-electron chi connectivity index (χ2n) is 3.63. The maximum atomic E-state index is 9.28. The van der Waals surface area contributed by atoms with Crippen LogP contribution in [0, 0.1) is 11.3 Å². The first-order valence-corrected chi connectivity index (χ1v) is 5.89. The summed E-state index contributed by atoms with van der Waals surface area (Å²) in [6.07, 6.45) is 1.64. The van der Waals surface area contributed by atoms with Gasteiger partial charge in [0, 0.05) is 18.1 Å². The number of benzene rings is 1. The topological polar surface area (TPSA) is 33.0 Å². The Balaban J connectivity index is 2.12. The Kier molecular flexibility index (Phi) is 3.30. The van der Waals surface area contributed by atoms with E-state index in [0.717, 1.165) is 12.8 Å². The van der Waals surface area contributed by atoms with Gasteiger partial charge in [-0.25, -0.2) is 0 Å². The average molecular weight is 219 g/mol. The van der Waals surface area contributed by atoms with Gasteiger partial charge in [0.25, 0.3) is 0 Å². The van der Waals surface area contributed by atoms with Gasteiger partial charge in [0.15, 0.2) is 0 Å². The largest absolute Gasteiger partial charge is 0.381 e. The minimum atomic E-state index is -0.278. The highest BCUT2D eigenvalue weighted by molar-refractivity contribution is 8.01. The van der Waals surface area contributed by atoms with Gasteiger partial charge in [-0.1, -0.05) is 18.2 Å². The van der Waals surface area contributed by atoms with Crippen LogP contribution in [-0.4, -0.2) is 18.0 Å². The highest BCUT2D eigenvalue weighted by Gasteiger charge is 2.33. The number of hydrogen-bond donors (Lipinski definition) is 0. The number of ether oxygens (including phenoxy) is 1. The Labute approximate surface area is 94.2 Å². The van der Waals surface area contributed by atoms with E-state index < -0.39 is 0 Å². The molecule has 1 aromatic carbocycles. The van der Waals surface area contributed by atoms with Crippen molar-refractivity contribution in [3.05, 3.63) is 30.3 Å². The number of thioether (sulfide) groups is 1. The minimum Gasteiger partial charge on any atom is -0.381 e. The quantitative estimate of drug-likeness (QED) is 0.766. The summed E-state index contributed by atoms with van der Waals surface area (Å²) >= 11 is 1.67. The molecule has 0 spiro atoms. The van der Waals surface area contributed by atoms with Crippen LogP contribution >= 0.6 is 11.8 Å². The first kappa shape index (κ1) is 10.5. The lowest BCUT2D eigenvalue weighted by atomic mass is 10.0. The van der Waals surface area contributed by atoms with Crippen LogP contribution in [0.25, 0.3) is 0 Å². The van der Waals surface area contributed by atoms with E-state index in [1.165, 1.54) is 4.90 Å². The Morgan fingerprint density at radius 3 is 2.47 bits per heavy atom. The molecule has 1 aliphatic rings. The normalized spacial score (nSPS) is 19.4. The third kappa shape index (κ3) is 2.53. The van der Waals surface area contributed by atoms with Crippen LogP contribution in [0.2, 0.25) is 0 Å². The van der Waals surface area contributed by atoms with Crippen LogP contribution in [0.4, 0.5) is 0 Å². The van der Waals surface area contributed by atoms with Crippen molar-refractivity contribution in [2.45, 2.75) is 22.5 Å². The molecule has 1 saturated heterocycles. The van der Waals surface area contributed by atoms with Gasteiger partial charge in [0.1, 0.15) is 4.75 Å². The summed E-state index contributed by atoms with van der Waals surface area (Å²) in [5, 5.41) is 9.28. The number of nitrogens with zero attached hydrogens (tertiary/aromatic N) is 1. The molecular formula is C12H13NOS. The summed E-state index contributed by atoms with van der Waals surface area (Å²) in [6, 6.07) is 12.6. The molecular weight excluding hydrogens is 206 g/mol. The van der Waals surface area contributed by atoms with Gasteiger partial charge >= 0.3 is 0 Å². The van der Waals surface area contributed by atoms with E-state index in [1.807, 2.05) is 18.2 Å². The molecule has 1 fully saturated rings. The fourth-order valence-corrected chi connectivity index (χ4v) is 2.81. The molecule has 0 unspecified atom stereocenters. The van der Waals surface area contributed by atoms with Crippen LogP contribution < -0.4 is 0 Å². The van der Waals surface area contributed by atoms with Crippen molar-refractivity contribution in [2.24, 2.45) is 0 Å². The van der Waals surface area contributed by atoms with Gasteiger partial charge in [-0.05, 0) is 25.0 Å². The zero-order valence-electron chi connectivity index (χ0n) is 8.48. The first-order valence-electron chi connectivity index (χ1n) is 5.08. The lowest BCUT2D eigenvalue weighted by Crippen LogP contribution is -2.31. The summed E-state index contributed by atoms with van der Waals surface area (Å²) in [4.78, 5) is 1.17. The number of rotatable bonds is 2. The second kappa shape index (κ2) is 4.69. The number of nitriles is 1.